The van der Waals surface area contributed by atoms with Gasteiger partial charge in [0.1, 0.15) is 11.6 Å². The van der Waals surface area contributed by atoms with Crippen molar-refractivity contribution in [3.8, 4) is 0 Å². The lowest BCUT2D eigenvalue weighted by atomic mass is 10.2. The van der Waals surface area contributed by atoms with E-state index in [1.54, 1.807) is 31.2 Å². The van der Waals surface area contributed by atoms with E-state index in [-0.39, 0.29) is 28.7 Å². The number of fused-ring (bicyclic) bond motifs is 1. The minimum atomic E-state index is -0.801. The number of nitrogens with zero attached hydrogens (tertiary/aromatic N) is 2. The van der Waals surface area contributed by atoms with Crippen LogP contribution >= 0.6 is 11.8 Å². The number of aliphatic hydroxyl groups excluding tert-OH is 1. The first-order valence-electron chi connectivity index (χ1n) is 8.40. The molecule has 0 radical (unpaired) electrons. The maximum atomic E-state index is 13.2. The number of amides is 1. The third-order valence-electron chi connectivity index (χ3n) is 3.75. The molecule has 0 unspecified atom stereocenters. The van der Waals surface area contributed by atoms with E-state index in [1.165, 1.54) is 4.57 Å². The molecule has 9 heteroatoms. The molecule has 1 amide bonds. The minimum Gasteiger partial charge on any atom is -0.392 e. The molecule has 28 heavy (non-hydrogen) atoms. The van der Waals surface area contributed by atoms with Crippen molar-refractivity contribution in [1.29, 1.82) is 0 Å². The van der Waals surface area contributed by atoms with Gasteiger partial charge in [-0.1, -0.05) is 23.9 Å². The Morgan fingerprint density at radius 2 is 1.93 bits per heavy atom. The number of rotatable bonds is 6. The Bertz CT molecular complexity index is 1070. The quantitative estimate of drug-likeness (QED) is 0.487. The van der Waals surface area contributed by atoms with E-state index in [2.05, 4.69) is 10.3 Å². The van der Waals surface area contributed by atoms with Crippen LogP contribution in [0.2, 0.25) is 0 Å². The summed E-state index contributed by atoms with van der Waals surface area (Å²) in [6.45, 7) is 1.57. The first-order chi connectivity index (χ1) is 13.3. The van der Waals surface area contributed by atoms with E-state index in [9.17, 15) is 23.5 Å². The van der Waals surface area contributed by atoms with E-state index in [0.29, 0.717) is 17.0 Å². The van der Waals surface area contributed by atoms with Gasteiger partial charge in [0.15, 0.2) is 5.16 Å². The second kappa shape index (κ2) is 8.49. The van der Waals surface area contributed by atoms with Gasteiger partial charge in [-0.05, 0) is 31.2 Å². The SMILES string of the molecule is C[C@@H](O)Cn1c(SCC(=O)Nc2cc(F)cc(F)c2)nc2ccccc2c1=O. The normalized spacial score (nSPS) is 12.1. The van der Waals surface area contributed by atoms with Crippen molar-refractivity contribution in [1.82, 2.24) is 9.55 Å². The van der Waals surface area contributed by atoms with Crippen molar-refractivity contribution in [3.63, 3.8) is 0 Å². The number of anilines is 1. The van der Waals surface area contributed by atoms with Crippen LogP contribution in [0.1, 0.15) is 6.92 Å². The molecule has 0 aliphatic carbocycles. The lowest BCUT2D eigenvalue weighted by Gasteiger charge is -2.14. The monoisotopic (exact) mass is 405 g/mol. The van der Waals surface area contributed by atoms with Gasteiger partial charge in [-0.25, -0.2) is 13.8 Å². The van der Waals surface area contributed by atoms with Crippen LogP contribution in [0.5, 0.6) is 0 Å². The van der Waals surface area contributed by atoms with E-state index < -0.39 is 23.6 Å². The predicted molar refractivity (Wildman–Crippen MR) is 103 cm³/mol. The van der Waals surface area contributed by atoms with Crippen LogP contribution in [-0.4, -0.2) is 32.4 Å². The molecule has 0 aliphatic heterocycles. The molecule has 1 heterocycles. The summed E-state index contributed by atoms with van der Waals surface area (Å²) in [6.07, 6.45) is -0.788. The summed E-state index contributed by atoms with van der Waals surface area (Å²) in [5.41, 5.74) is 0.155. The fraction of sp³-hybridized carbons (Fsp3) is 0.211. The third kappa shape index (κ3) is 4.73. The molecule has 0 aliphatic rings. The molecule has 0 saturated heterocycles. The summed E-state index contributed by atoms with van der Waals surface area (Å²) in [5.74, 6) is -2.25. The number of carbonyl (C=O) groups is 1. The van der Waals surface area contributed by atoms with Gasteiger partial charge < -0.3 is 10.4 Å². The van der Waals surface area contributed by atoms with Crippen LogP contribution < -0.4 is 10.9 Å². The van der Waals surface area contributed by atoms with Crippen molar-refractivity contribution in [2.75, 3.05) is 11.1 Å². The number of thioether (sulfide) groups is 1. The molecular weight excluding hydrogens is 388 g/mol. The van der Waals surface area contributed by atoms with Gasteiger partial charge >= 0.3 is 0 Å². The number of aliphatic hydroxyl groups is 1. The molecule has 0 bridgehead atoms. The second-order valence-corrected chi connectivity index (χ2v) is 7.11. The number of nitrogens with one attached hydrogen (secondary N) is 1. The van der Waals surface area contributed by atoms with Crippen molar-refractivity contribution in [2.24, 2.45) is 0 Å². The van der Waals surface area contributed by atoms with E-state index >= 15 is 0 Å². The molecule has 6 nitrogen and oxygen atoms in total. The largest absolute Gasteiger partial charge is 0.392 e. The highest BCUT2D eigenvalue weighted by Gasteiger charge is 2.15. The molecule has 0 saturated carbocycles. The molecule has 2 aromatic carbocycles. The van der Waals surface area contributed by atoms with Crippen LogP contribution in [0, 0.1) is 11.6 Å². The molecule has 1 atom stereocenters. The molecule has 0 fully saturated rings. The van der Waals surface area contributed by atoms with Gasteiger partial charge in [0, 0.05) is 11.8 Å². The smallest absolute Gasteiger partial charge is 0.262 e. The van der Waals surface area contributed by atoms with Crippen molar-refractivity contribution in [3.05, 3.63) is 64.5 Å². The van der Waals surface area contributed by atoms with Crippen LogP contribution in [0.15, 0.2) is 52.4 Å². The minimum absolute atomic E-state index is 0.00376. The van der Waals surface area contributed by atoms with Crippen molar-refractivity contribution in [2.45, 2.75) is 24.7 Å². The topological polar surface area (TPSA) is 84.2 Å². The first-order valence-corrected chi connectivity index (χ1v) is 9.38. The number of halogens is 2. The Morgan fingerprint density at radius 3 is 2.61 bits per heavy atom. The zero-order chi connectivity index (χ0) is 20.3. The van der Waals surface area contributed by atoms with Gasteiger partial charge in [-0.15, -0.1) is 0 Å². The average Bonchev–Trinajstić information content (AvgIpc) is 2.61. The summed E-state index contributed by atoms with van der Waals surface area (Å²) in [5, 5.41) is 12.8. The van der Waals surface area contributed by atoms with Gasteiger partial charge in [0.2, 0.25) is 5.91 Å². The highest BCUT2D eigenvalue weighted by molar-refractivity contribution is 7.99. The fourth-order valence-electron chi connectivity index (χ4n) is 2.64. The molecule has 1 aromatic heterocycles. The Morgan fingerprint density at radius 1 is 1.25 bits per heavy atom. The molecule has 146 valence electrons. The molecule has 0 spiro atoms. The van der Waals surface area contributed by atoms with E-state index in [1.807, 2.05) is 0 Å². The van der Waals surface area contributed by atoms with Crippen LogP contribution in [0.4, 0.5) is 14.5 Å². The number of benzene rings is 2. The van der Waals surface area contributed by atoms with Crippen LogP contribution in [0.25, 0.3) is 10.9 Å². The lowest BCUT2D eigenvalue weighted by molar-refractivity contribution is -0.113. The maximum absolute atomic E-state index is 13.2. The number of hydrogen-bond acceptors (Lipinski definition) is 5. The molecule has 3 aromatic rings. The Labute approximate surface area is 163 Å². The Hall–Kier alpha value is -2.78. The first kappa shape index (κ1) is 20.0. The Balaban J connectivity index is 1.82. The third-order valence-corrected chi connectivity index (χ3v) is 4.73. The van der Waals surface area contributed by atoms with Gasteiger partial charge in [0.05, 0.1) is 29.3 Å². The average molecular weight is 405 g/mol. The zero-order valence-electron chi connectivity index (χ0n) is 14.9. The summed E-state index contributed by atoms with van der Waals surface area (Å²) < 4.78 is 27.8. The van der Waals surface area contributed by atoms with Crippen LogP contribution in [0.3, 0.4) is 0 Å². The van der Waals surface area contributed by atoms with E-state index in [0.717, 1.165) is 23.9 Å². The molecule has 2 N–H and O–H groups in total. The zero-order valence-corrected chi connectivity index (χ0v) is 15.7. The lowest BCUT2D eigenvalue weighted by Crippen LogP contribution is -2.28. The summed E-state index contributed by atoms with van der Waals surface area (Å²) >= 11 is 0.995. The van der Waals surface area contributed by atoms with E-state index in [4.69, 9.17) is 0 Å². The highest BCUT2D eigenvalue weighted by Crippen LogP contribution is 2.19. The molecule has 3 rings (SSSR count). The van der Waals surface area contributed by atoms with Crippen LogP contribution in [-0.2, 0) is 11.3 Å². The standard InChI is InChI=1S/C19H17F2N3O3S/c1-11(25)9-24-18(27)15-4-2-3-5-16(15)23-19(24)28-10-17(26)22-14-7-12(20)6-13(21)8-14/h2-8,11,25H,9-10H2,1H3,(H,22,26)/t11-/m1/s1. The maximum Gasteiger partial charge on any atom is 0.262 e. The number of carbonyl (C=O) groups excluding carboxylic acids is 1. The van der Waals surface area contributed by atoms with Crippen molar-refractivity contribution < 1.29 is 18.7 Å². The van der Waals surface area contributed by atoms with Gasteiger partial charge in [-0.3, -0.25) is 14.2 Å². The number of hydrogen-bond donors (Lipinski definition) is 2. The van der Waals surface area contributed by atoms with Crippen molar-refractivity contribution >= 4 is 34.3 Å². The number of para-hydroxylation sites is 1. The summed E-state index contributed by atoms with van der Waals surface area (Å²) in [6, 6.07) is 9.50. The summed E-state index contributed by atoms with van der Waals surface area (Å²) in [7, 11) is 0. The summed E-state index contributed by atoms with van der Waals surface area (Å²) in [4.78, 5) is 29.3. The predicted octanol–water partition coefficient (Wildman–Crippen LogP) is 2.79. The Kier molecular flexibility index (Phi) is 6.05. The second-order valence-electron chi connectivity index (χ2n) is 6.17. The molecular formula is C19H17F2N3O3S. The fourth-order valence-corrected chi connectivity index (χ4v) is 3.44. The van der Waals surface area contributed by atoms with Gasteiger partial charge in [0.25, 0.3) is 5.56 Å². The highest BCUT2D eigenvalue weighted by atomic mass is 32.2. The number of aromatic nitrogens is 2. The van der Waals surface area contributed by atoms with Gasteiger partial charge in [-0.2, -0.15) is 0 Å².